The number of aromatic nitrogens is 1. The van der Waals surface area contributed by atoms with E-state index in [-0.39, 0.29) is 16.8 Å². The van der Waals surface area contributed by atoms with Gasteiger partial charge in [-0.1, -0.05) is 34.8 Å². The number of rotatable bonds is 3. The maximum atomic E-state index is 12.5. The van der Waals surface area contributed by atoms with Crippen LogP contribution in [0.1, 0.15) is 15.4 Å². The molecule has 122 valence electrons. The quantitative estimate of drug-likeness (QED) is 0.742. The Morgan fingerprint density at radius 2 is 1.83 bits per heavy atom. The normalized spacial score (nSPS) is 15.9. The summed E-state index contributed by atoms with van der Waals surface area (Å²) < 4.78 is 0.801. The highest BCUT2D eigenvalue weighted by Crippen LogP contribution is 2.24. The van der Waals surface area contributed by atoms with Gasteiger partial charge >= 0.3 is 0 Å². The van der Waals surface area contributed by atoms with E-state index in [1.54, 1.807) is 28.4 Å². The molecule has 1 aliphatic rings. The van der Waals surface area contributed by atoms with Crippen molar-refractivity contribution in [1.82, 2.24) is 14.8 Å². The number of hydrogen-bond donors (Lipinski definition) is 0. The van der Waals surface area contributed by atoms with Gasteiger partial charge in [0.15, 0.2) is 0 Å². The molecule has 1 saturated heterocycles. The van der Waals surface area contributed by atoms with Crippen LogP contribution in [0.2, 0.25) is 14.5 Å². The Kier molecular flexibility index (Phi) is 5.44. The Balaban J connectivity index is 1.60. The number of halogens is 3. The minimum absolute atomic E-state index is 0.170. The third-order valence-electron chi connectivity index (χ3n) is 3.68. The molecular weight excluding hydrogens is 377 g/mol. The molecule has 0 aliphatic carbocycles. The van der Waals surface area contributed by atoms with Crippen LogP contribution in [-0.4, -0.2) is 46.9 Å². The molecule has 1 fully saturated rings. The Morgan fingerprint density at radius 3 is 2.48 bits per heavy atom. The molecule has 0 N–H and O–H groups in total. The smallest absolute Gasteiger partial charge is 0.274 e. The number of nitrogens with zero attached hydrogens (tertiary/aromatic N) is 3. The average Bonchev–Trinajstić information content (AvgIpc) is 2.95. The van der Waals surface area contributed by atoms with Crippen molar-refractivity contribution < 1.29 is 4.79 Å². The summed E-state index contributed by atoms with van der Waals surface area (Å²) in [6.07, 6.45) is 0. The summed E-state index contributed by atoms with van der Waals surface area (Å²) in [5.74, 6) is -0.170. The molecule has 2 aromatic rings. The Bertz CT molecular complexity index is 714. The predicted octanol–water partition coefficient (Wildman–Crippen LogP) is 4.06. The van der Waals surface area contributed by atoms with E-state index in [2.05, 4.69) is 9.88 Å². The molecule has 0 radical (unpaired) electrons. The SMILES string of the molecule is O=C(c1nc(Cl)ccc1Cl)N1CCN(Cc2ccc(Cl)s2)CC1. The van der Waals surface area contributed by atoms with Gasteiger partial charge in [0.05, 0.1) is 9.36 Å². The van der Waals surface area contributed by atoms with Crippen LogP contribution < -0.4 is 0 Å². The second-order valence-electron chi connectivity index (χ2n) is 5.24. The first-order chi connectivity index (χ1) is 11.0. The van der Waals surface area contributed by atoms with Crippen molar-refractivity contribution in [3.63, 3.8) is 0 Å². The molecular formula is C15H14Cl3N3OS. The average molecular weight is 391 g/mol. The highest BCUT2D eigenvalue weighted by Gasteiger charge is 2.25. The molecule has 0 bridgehead atoms. The fourth-order valence-corrected chi connectivity index (χ4v) is 3.95. The Morgan fingerprint density at radius 1 is 1.09 bits per heavy atom. The van der Waals surface area contributed by atoms with Gasteiger partial charge in [-0.05, 0) is 24.3 Å². The van der Waals surface area contributed by atoms with Gasteiger partial charge in [-0.15, -0.1) is 11.3 Å². The summed E-state index contributed by atoms with van der Waals surface area (Å²) >= 11 is 19.5. The number of hydrogen-bond acceptors (Lipinski definition) is 4. The van der Waals surface area contributed by atoms with Crippen LogP contribution in [0, 0.1) is 0 Å². The van der Waals surface area contributed by atoms with Crippen LogP contribution in [0.25, 0.3) is 0 Å². The maximum absolute atomic E-state index is 12.5. The zero-order valence-electron chi connectivity index (χ0n) is 12.1. The van der Waals surface area contributed by atoms with Crippen molar-refractivity contribution in [3.8, 4) is 0 Å². The fraction of sp³-hybridized carbons (Fsp3) is 0.333. The van der Waals surface area contributed by atoms with Crippen LogP contribution in [-0.2, 0) is 6.54 Å². The summed E-state index contributed by atoms with van der Waals surface area (Å²) in [7, 11) is 0. The number of thiophene rings is 1. The number of amides is 1. The lowest BCUT2D eigenvalue weighted by Crippen LogP contribution is -2.48. The molecule has 8 heteroatoms. The number of carbonyl (C=O) groups excluding carboxylic acids is 1. The van der Waals surface area contributed by atoms with Crippen molar-refractivity contribution in [2.45, 2.75) is 6.54 Å². The van der Waals surface area contributed by atoms with E-state index in [0.29, 0.717) is 18.1 Å². The molecule has 0 spiro atoms. The van der Waals surface area contributed by atoms with Gasteiger partial charge in [-0.3, -0.25) is 9.69 Å². The largest absolute Gasteiger partial charge is 0.335 e. The molecule has 3 rings (SSSR count). The summed E-state index contributed by atoms with van der Waals surface area (Å²) in [5, 5.41) is 0.598. The molecule has 0 unspecified atom stereocenters. The second-order valence-corrected chi connectivity index (χ2v) is 7.83. The van der Waals surface area contributed by atoms with E-state index in [0.717, 1.165) is 24.0 Å². The lowest BCUT2D eigenvalue weighted by molar-refractivity contribution is 0.0624. The molecule has 0 aromatic carbocycles. The predicted molar refractivity (Wildman–Crippen MR) is 94.8 cm³/mol. The molecule has 0 atom stereocenters. The molecule has 4 nitrogen and oxygen atoms in total. The van der Waals surface area contributed by atoms with E-state index >= 15 is 0 Å². The number of piperazine rings is 1. The molecule has 1 amide bonds. The van der Waals surface area contributed by atoms with Crippen LogP contribution in [0.3, 0.4) is 0 Å². The highest BCUT2D eigenvalue weighted by molar-refractivity contribution is 7.16. The van der Waals surface area contributed by atoms with Crippen molar-refractivity contribution in [2.24, 2.45) is 0 Å². The van der Waals surface area contributed by atoms with Crippen molar-refractivity contribution in [3.05, 3.63) is 49.3 Å². The van der Waals surface area contributed by atoms with Gasteiger partial charge < -0.3 is 4.90 Å². The van der Waals surface area contributed by atoms with Crippen molar-refractivity contribution in [2.75, 3.05) is 26.2 Å². The van der Waals surface area contributed by atoms with Gasteiger partial charge in [0.25, 0.3) is 5.91 Å². The molecule has 23 heavy (non-hydrogen) atoms. The summed E-state index contributed by atoms with van der Waals surface area (Å²) in [6.45, 7) is 3.75. The molecule has 1 aliphatic heterocycles. The van der Waals surface area contributed by atoms with Crippen molar-refractivity contribution >= 4 is 52.0 Å². The minimum Gasteiger partial charge on any atom is -0.335 e. The van der Waals surface area contributed by atoms with Gasteiger partial charge in [-0.25, -0.2) is 4.98 Å². The standard InChI is InChI=1S/C15H14Cl3N3OS/c16-11-2-3-12(17)19-14(11)15(22)21-7-5-20(6-8-21)9-10-1-4-13(18)23-10/h1-4H,5-9H2. The van der Waals surface area contributed by atoms with Gasteiger partial charge in [0.2, 0.25) is 0 Å². The van der Waals surface area contributed by atoms with E-state index < -0.39 is 0 Å². The van der Waals surface area contributed by atoms with E-state index in [4.69, 9.17) is 34.8 Å². The van der Waals surface area contributed by atoms with Crippen LogP contribution in [0.4, 0.5) is 0 Å². The first-order valence-corrected chi connectivity index (χ1v) is 9.06. The van der Waals surface area contributed by atoms with E-state index in [1.807, 2.05) is 12.1 Å². The summed E-state index contributed by atoms with van der Waals surface area (Å²) in [6, 6.07) is 7.13. The first kappa shape index (κ1) is 17.0. The monoisotopic (exact) mass is 389 g/mol. The highest BCUT2D eigenvalue weighted by atomic mass is 35.5. The number of pyridine rings is 1. The third-order valence-corrected chi connectivity index (χ3v) is 5.41. The van der Waals surface area contributed by atoms with Gasteiger partial charge in [-0.2, -0.15) is 0 Å². The maximum Gasteiger partial charge on any atom is 0.274 e. The second kappa shape index (κ2) is 7.36. The zero-order chi connectivity index (χ0) is 16.4. The van der Waals surface area contributed by atoms with E-state index in [1.165, 1.54) is 4.88 Å². The van der Waals surface area contributed by atoms with Crippen molar-refractivity contribution in [1.29, 1.82) is 0 Å². The lowest BCUT2D eigenvalue weighted by atomic mass is 10.2. The Labute approximate surface area is 153 Å². The minimum atomic E-state index is -0.170. The summed E-state index contributed by atoms with van der Waals surface area (Å²) in [5.41, 5.74) is 0.220. The summed E-state index contributed by atoms with van der Waals surface area (Å²) in [4.78, 5) is 21.9. The van der Waals surface area contributed by atoms with Crippen LogP contribution in [0.5, 0.6) is 0 Å². The van der Waals surface area contributed by atoms with Crippen LogP contribution in [0.15, 0.2) is 24.3 Å². The van der Waals surface area contributed by atoms with E-state index in [9.17, 15) is 4.79 Å². The number of carbonyl (C=O) groups is 1. The van der Waals surface area contributed by atoms with Gasteiger partial charge in [0, 0.05) is 37.6 Å². The molecule has 3 heterocycles. The molecule has 2 aromatic heterocycles. The third kappa shape index (κ3) is 4.17. The Hall–Kier alpha value is -0.850. The van der Waals surface area contributed by atoms with Gasteiger partial charge in [0.1, 0.15) is 10.8 Å². The lowest BCUT2D eigenvalue weighted by Gasteiger charge is -2.34. The zero-order valence-corrected chi connectivity index (χ0v) is 15.2. The molecule has 0 saturated carbocycles. The van der Waals surface area contributed by atoms with Crippen LogP contribution >= 0.6 is 46.1 Å². The topological polar surface area (TPSA) is 36.4 Å². The fourth-order valence-electron chi connectivity index (χ4n) is 2.48. The first-order valence-electron chi connectivity index (χ1n) is 7.11.